The molecule has 0 amide bonds. The largest absolute Gasteiger partial charge is 0.462 e. The summed E-state index contributed by atoms with van der Waals surface area (Å²) in [7, 11) is 0. The van der Waals surface area contributed by atoms with Gasteiger partial charge in [-0.25, -0.2) is 0 Å². The number of carbonyl (C=O) groups is 3. The molecule has 6 heteroatoms. The van der Waals surface area contributed by atoms with E-state index in [1.165, 1.54) is 199 Å². The maximum Gasteiger partial charge on any atom is 0.306 e. The predicted molar refractivity (Wildman–Crippen MR) is 270 cm³/mol. The first-order valence-corrected chi connectivity index (χ1v) is 27.8. The van der Waals surface area contributed by atoms with Crippen LogP contribution in [0.15, 0.2) is 24.3 Å². The fraction of sp³-hybridized carbons (Fsp3) is 0.877. The van der Waals surface area contributed by atoms with Crippen LogP contribution < -0.4 is 0 Å². The van der Waals surface area contributed by atoms with Gasteiger partial charge in [0.15, 0.2) is 6.10 Å². The molecule has 0 radical (unpaired) electrons. The molecule has 0 spiro atoms. The fourth-order valence-corrected chi connectivity index (χ4v) is 8.24. The van der Waals surface area contributed by atoms with E-state index in [4.69, 9.17) is 14.2 Å². The predicted octanol–water partition coefficient (Wildman–Crippen LogP) is 18.3. The van der Waals surface area contributed by atoms with Crippen molar-refractivity contribution < 1.29 is 28.6 Å². The van der Waals surface area contributed by atoms with Crippen LogP contribution in [0.5, 0.6) is 0 Å². The Labute approximate surface area is 392 Å². The zero-order valence-electron chi connectivity index (χ0n) is 42.4. The standard InChI is InChI=1S/C57H106O6/c1-4-7-10-13-16-19-21-23-25-27-28-29-30-31-33-34-36-38-41-44-47-50-56(59)62-53-54(52-61-55(58)49-46-43-40-18-15-12-9-6-3)63-57(60)51-48-45-42-39-37-35-32-26-24-22-20-17-14-11-8-5-2/h21,23,27-28,54H,4-20,22,24-26,29-53H2,1-3H3/b23-21-,28-27-. The fourth-order valence-electron chi connectivity index (χ4n) is 8.24. The normalized spacial score (nSPS) is 12.1. The lowest BCUT2D eigenvalue weighted by Gasteiger charge is -2.18. The van der Waals surface area contributed by atoms with Crippen LogP contribution in [-0.2, 0) is 28.6 Å². The maximum atomic E-state index is 12.8. The molecule has 0 saturated heterocycles. The third-order valence-corrected chi connectivity index (χ3v) is 12.5. The van der Waals surface area contributed by atoms with E-state index in [9.17, 15) is 14.4 Å². The second kappa shape index (κ2) is 52.5. The van der Waals surface area contributed by atoms with Crippen molar-refractivity contribution in [3.05, 3.63) is 24.3 Å². The third kappa shape index (κ3) is 50.7. The molecule has 63 heavy (non-hydrogen) atoms. The Balaban J connectivity index is 4.21. The highest BCUT2D eigenvalue weighted by Gasteiger charge is 2.19. The second-order valence-corrected chi connectivity index (χ2v) is 18.9. The zero-order valence-corrected chi connectivity index (χ0v) is 42.4. The number of rotatable bonds is 51. The van der Waals surface area contributed by atoms with Crippen molar-refractivity contribution in [2.75, 3.05) is 13.2 Å². The molecular formula is C57H106O6. The van der Waals surface area contributed by atoms with Crippen molar-refractivity contribution in [2.24, 2.45) is 0 Å². The lowest BCUT2D eigenvalue weighted by atomic mass is 10.0. The second-order valence-electron chi connectivity index (χ2n) is 18.9. The molecule has 0 rings (SSSR count). The van der Waals surface area contributed by atoms with Crippen LogP contribution in [0.25, 0.3) is 0 Å². The van der Waals surface area contributed by atoms with Gasteiger partial charge >= 0.3 is 17.9 Å². The first-order valence-electron chi connectivity index (χ1n) is 27.8. The van der Waals surface area contributed by atoms with Crippen LogP contribution >= 0.6 is 0 Å². The van der Waals surface area contributed by atoms with Crippen LogP contribution in [0.1, 0.15) is 303 Å². The minimum Gasteiger partial charge on any atom is -0.462 e. The van der Waals surface area contributed by atoms with Crippen LogP contribution in [-0.4, -0.2) is 37.2 Å². The van der Waals surface area contributed by atoms with E-state index in [0.29, 0.717) is 19.3 Å². The van der Waals surface area contributed by atoms with Crippen molar-refractivity contribution in [1.29, 1.82) is 0 Å². The number of unbranched alkanes of at least 4 members (excludes halogenated alkanes) is 36. The Morgan fingerprint density at radius 2 is 0.571 bits per heavy atom. The Bertz CT molecular complexity index is 1020. The first-order chi connectivity index (χ1) is 31.0. The van der Waals surface area contributed by atoms with E-state index in [1.54, 1.807) is 0 Å². The molecular weight excluding hydrogens is 781 g/mol. The summed E-state index contributed by atoms with van der Waals surface area (Å²) in [4.78, 5) is 37.9. The smallest absolute Gasteiger partial charge is 0.306 e. The van der Waals surface area contributed by atoms with Gasteiger partial charge in [0.25, 0.3) is 0 Å². The van der Waals surface area contributed by atoms with Crippen LogP contribution in [0, 0.1) is 0 Å². The summed E-state index contributed by atoms with van der Waals surface area (Å²) in [5.41, 5.74) is 0. The zero-order chi connectivity index (χ0) is 45.8. The molecule has 0 bridgehead atoms. The van der Waals surface area contributed by atoms with Crippen molar-refractivity contribution in [1.82, 2.24) is 0 Å². The van der Waals surface area contributed by atoms with Gasteiger partial charge in [-0.2, -0.15) is 0 Å². The molecule has 0 saturated carbocycles. The van der Waals surface area contributed by atoms with E-state index in [0.717, 1.165) is 64.2 Å². The van der Waals surface area contributed by atoms with Gasteiger partial charge in [0.2, 0.25) is 0 Å². The van der Waals surface area contributed by atoms with Gasteiger partial charge < -0.3 is 14.2 Å². The molecule has 0 aromatic rings. The molecule has 0 aliphatic carbocycles. The lowest BCUT2D eigenvalue weighted by molar-refractivity contribution is -0.167. The summed E-state index contributed by atoms with van der Waals surface area (Å²) >= 11 is 0. The Hall–Kier alpha value is -2.11. The van der Waals surface area contributed by atoms with Gasteiger partial charge in [-0.05, 0) is 51.4 Å². The molecule has 0 aliphatic rings. The Morgan fingerprint density at radius 3 is 0.873 bits per heavy atom. The number of esters is 3. The maximum absolute atomic E-state index is 12.8. The summed E-state index contributed by atoms with van der Waals surface area (Å²) in [5.74, 6) is -0.859. The topological polar surface area (TPSA) is 78.9 Å². The average molecular weight is 887 g/mol. The third-order valence-electron chi connectivity index (χ3n) is 12.5. The highest BCUT2D eigenvalue weighted by atomic mass is 16.6. The molecule has 0 aromatic carbocycles. The summed E-state index contributed by atoms with van der Waals surface area (Å²) in [5, 5.41) is 0. The van der Waals surface area contributed by atoms with E-state index in [-0.39, 0.29) is 31.1 Å². The monoisotopic (exact) mass is 887 g/mol. The van der Waals surface area contributed by atoms with E-state index in [1.807, 2.05) is 0 Å². The van der Waals surface area contributed by atoms with Gasteiger partial charge in [-0.3, -0.25) is 14.4 Å². The van der Waals surface area contributed by atoms with Crippen LogP contribution in [0.2, 0.25) is 0 Å². The highest BCUT2D eigenvalue weighted by Crippen LogP contribution is 2.16. The molecule has 1 atom stereocenters. The van der Waals surface area contributed by atoms with Gasteiger partial charge in [-0.15, -0.1) is 0 Å². The van der Waals surface area contributed by atoms with Crippen molar-refractivity contribution in [2.45, 2.75) is 309 Å². The number of carbonyl (C=O) groups excluding carboxylic acids is 3. The van der Waals surface area contributed by atoms with Gasteiger partial charge in [-0.1, -0.05) is 257 Å². The number of allylic oxidation sites excluding steroid dienone is 4. The summed E-state index contributed by atoms with van der Waals surface area (Å²) in [6.45, 7) is 6.64. The molecule has 6 nitrogen and oxygen atoms in total. The summed E-state index contributed by atoms with van der Waals surface area (Å²) in [6, 6.07) is 0. The molecule has 0 N–H and O–H groups in total. The molecule has 1 unspecified atom stereocenters. The summed E-state index contributed by atoms with van der Waals surface area (Å²) in [6.07, 6.45) is 60.3. The van der Waals surface area contributed by atoms with Crippen molar-refractivity contribution >= 4 is 17.9 Å². The van der Waals surface area contributed by atoms with Crippen molar-refractivity contribution in [3.63, 3.8) is 0 Å². The minimum atomic E-state index is -0.766. The molecule has 0 heterocycles. The molecule has 0 aromatic heterocycles. The Kier molecular flexibility index (Phi) is 50.8. The average Bonchev–Trinajstić information content (AvgIpc) is 3.28. The van der Waals surface area contributed by atoms with Crippen LogP contribution in [0.3, 0.4) is 0 Å². The van der Waals surface area contributed by atoms with E-state index in [2.05, 4.69) is 45.1 Å². The summed E-state index contributed by atoms with van der Waals surface area (Å²) < 4.78 is 16.8. The number of ether oxygens (including phenoxy) is 3. The van der Waals surface area contributed by atoms with E-state index >= 15 is 0 Å². The van der Waals surface area contributed by atoms with Crippen molar-refractivity contribution in [3.8, 4) is 0 Å². The number of hydrogen-bond acceptors (Lipinski definition) is 6. The van der Waals surface area contributed by atoms with Crippen LogP contribution in [0.4, 0.5) is 0 Å². The van der Waals surface area contributed by atoms with Gasteiger partial charge in [0, 0.05) is 19.3 Å². The molecule has 0 aliphatic heterocycles. The van der Waals surface area contributed by atoms with Gasteiger partial charge in [0.1, 0.15) is 13.2 Å². The van der Waals surface area contributed by atoms with Gasteiger partial charge in [0.05, 0.1) is 0 Å². The first kappa shape index (κ1) is 60.9. The quantitative estimate of drug-likeness (QED) is 0.0262. The molecule has 370 valence electrons. The SMILES string of the molecule is CCCCCCC/C=C\C/C=C\CCCCCCCCCCCC(=O)OCC(COC(=O)CCCCCCCCCC)OC(=O)CCCCCCCCCCCCCCCCCC. The molecule has 0 fully saturated rings. The number of hydrogen-bond donors (Lipinski definition) is 0. The highest BCUT2D eigenvalue weighted by molar-refractivity contribution is 5.71. The lowest BCUT2D eigenvalue weighted by Crippen LogP contribution is -2.30. The minimum absolute atomic E-state index is 0.0680. The van der Waals surface area contributed by atoms with E-state index < -0.39 is 6.10 Å². The Morgan fingerprint density at radius 1 is 0.317 bits per heavy atom.